The lowest BCUT2D eigenvalue weighted by atomic mass is 10.1. The molecule has 1 unspecified atom stereocenters. The zero-order valence-corrected chi connectivity index (χ0v) is 9.87. The number of aliphatic imine (C=N–C) groups is 2. The van der Waals surface area contributed by atoms with E-state index in [0.717, 1.165) is 11.4 Å². The summed E-state index contributed by atoms with van der Waals surface area (Å²) in [5.41, 5.74) is 1.87. The molecule has 0 bridgehead atoms. The van der Waals surface area contributed by atoms with Gasteiger partial charge in [-0.05, 0) is 25.2 Å². The van der Waals surface area contributed by atoms with Gasteiger partial charge >= 0.3 is 0 Å². The number of hydrogen-bond acceptors (Lipinski definition) is 2. The molecule has 0 fully saturated rings. The summed E-state index contributed by atoms with van der Waals surface area (Å²) in [5.74, 6) is 1.13. The molecule has 16 heavy (non-hydrogen) atoms. The molecule has 0 radical (unpaired) electrons. The van der Waals surface area contributed by atoms with Crippen LogP contribution in [-0.2, 0) is 4.74 Å². The molecule has 0 saturated heterocycles. The summed E-state index contributed by atoms with van der Waals surface area (Å²) in [5, 5.41) is 3.13. The van der Waals surface area contributed by atoms with E-state index in [-0.39, 0.29) is 6.10 Å². The highest BCUT2D eigenvalue weighted by molar-refractivity contribution is 6.20. The Bertz CT molecular complexity index is 385. The molecule has 1 atom stereocenters. The van der Waals surface area contributed by atoms with Gasteiger partial charge in [0.05, 0.1) is 24.1 Å². The molecule has 0 aromatic heterocycles. The number of nitrogens with zero attached hydrogens (tertiary/aromatic N) is 2. The Kier molecular flexibility index (Phi) is 3.74. The van der Waals surface area contributed by atoms with Crippen LogP contribution >= 0.6 is 11.6 Å². The van der Waals surface area contributed by atoms with E-state index in [4.69, 9.17) is 16.3 Å². The molecule has 0 aromatic carbocycles. The fourth-order valence-corrected chi connectivity index (χ4v) is 1.65. The highest BCUT2D eigenvalue weighted by Crippen LogP contribution is 2.14. The van der Waals surface area contributed by atoms with Gasteiger partial charge < -0.3 is 10.1 Å². The zero-order chi connectivity index (χ0) is 11.4. The molecule has 1 aliphatic carbocycles. The van der Waals surface area contributed by atoms with E-state index in [0.29, 0.717) is 25.0 Å². The topological polar surface area (TPSA) is 46.0 Å². The highest BCUT2D eigenvalue weighted by atomic mass is 35.5. The van der Waals surface area contributed by atoms with Crippen molar-refractivity contribution in [3.05, 3.63) is 23.9 Å². The van der Waals surface area contributed by atoms with Gasteiger partial charge in [0.25, 0.3) is 0 Å². The first kappa shape index (κ1) is 11.4. The van der Waals surface area contributed by atoms with Gasteiger partial charge in [0.1, 0.15) is 0 Å². The van der Waals surface area contributed by atoms with Crippen LogP contribution in [0.2, 0.25) is 0 Å². The molecule has 2 rings (SSSR count). The molecule has 1 aliphatic heterocycles. The first-order valence-electron chi connectivity index (χ1n) is 5.31. The van der Waals surface area contributed by atoms with Gasteiger partial charge in [-0.1, -0.05) is 0 Å². The van der Waals surface area contributed by atoms with Crippen LogP contribution in [0.1, 0.15) is 6.92 Å². The van der Waals surface area contributed by atoms with Crippen molar-refractivity contribution < 1.29 is 4.74 Å². The molecule has 0 amide bonds. The van der Waals surface area contributed by atoms with Crippen molar-refractivity contribution in [1.82, 2.24) is 5.32 Å². The van der Waals surface area contributed by atoms with E-state index < -0.39 is 0 Å². The average molecular weight is 240 g/mol. The van der Waals surface area contributed by atoms with Crippen molar-refractivity contribution in [2.24, 2.45) is 9.98 Å². The summed E-state index contributed by atoms with van der Waals surface area (Å²) >= 11 is 5.57. The summed E-state index contributed by atoms with van der Waals surface area (Å²) in [4.78, 5) is 8.54. The summed E-state index contributed by atoms with van der Waals surface area (Å²) < 4.78 is 5.49. The van der Waals surface area contributed by atoms with Gasteiger partial charge in [0.15, 0.2) is 0 Å². The van der Waals surface area contributed by atoms with Crippen LogP contribution in [0, 0.1) is 0 Å². The van der Waals surface area contributed by atoms with Crippen molar-refractivity contribution in [1.29, 1.82) is 0 Å². The Hall–Kier alpha value is -1.13. The standard InChI is InChI=1S/C11H14ClN3O/c1-2-16-8-3-4-9-10(7-8)15-11(14-9)13-6-5-12/h3-4,7-8H,2,5-6H2,1H3,(H,13,15). The van der Waals surface area contributed by atoms with E-state index in [1.807, 2.05) is 25.2 Å². The number of ether oxygens (including phenoxy) is 1. The molecular weight excluding hydrogens is 226 g/mol. The SMILES string of the molecule is CCOC1C=CC2=NC(=NCCCl)NC2=C1. The van der Waals surface area contributed by atoms with Gasteiger partial charge in [0, 0.05) is 12.5 Å². The molecule has 2 aliphatic rings. The van der Waals surface area contributed by atoms with Gasteiger partial charge in [-0.3, -0.25) is 0 Å². The van der Waals surface area contributed by atoms with Crippen LogP contribution in [0.5, 0.6) is 0 Å². The largest absolute Gasteiger partial charge is 0.370 e. The van der Waals surface area contributed by atoms with Gasteiger partial charge in [0.2, 0.25) is 5.96 Å². The lowest BCUT2D eigenvalue weighted by molar-refractivity contribution is 0.127. The summed E-state index contributed by atoms with van der Waals surface area (Å²) in [6.45, 7) is 3.25. The summed E-state index contributed by atoms with van der Waals surface area (Å²) in [6, 6.07) is 0. The second-order valence-corrected chi connectivity index (χ2v) is 3.75. The Balaban J connectivity index is 2.07. The average Bonchev–Trinajstić information content (AvgIpc) is 2.68. The maximum absolute atomic E-state index is 5.57. The predicted molar refractivity (Wildman–Crippen MR) is 66.2 cm³/mol. The van der Waals surface area contributed by atoms with Gasteiger partial charge in [-0.2, -0.15) is 0 Å². The molecule has 1 heterocycles. The second-order valence-electron chi connectivity index (χ2n) is 3.38. The first-order chi connectivity index (χ1) is 7.83. The van der Waals surface area contributed by atoms with E-state index in [1.54, 1.807) is 0 Å². The van der Waals surface area contributed by atoms with Crippen LogP contribution in [0.4, 0.5) is 0 Å². The summed E-state index contributed by atoms with van der Waals surface area (Å²) in [6.07, 6.45) is 5.97. The lowest BCUT2D eigenvalue weighted by Gasteiger charge is -2.13. The summed E-state index contributed by atoms with van der Waals surface area (Å²) in [7, 11) is 0. The van der Waals surface area contributed by atoms with Crippen LogP contribution in [0.3, 0.4) is 0 Å². The first-order valence-corrected chi connectivity index (χ1v) is 5.85. The molecule has 0 spiro atoms. The van der Waals surface area contributed by atoms with E-state index in [2.05, 4.69) is 15.3 Å². The molecule has 0 saturated carbocycles. The molecule has 5 heteroatoms. The predicted octanol–water partition coefficient (Wildman–Crippen LogP) is 1.48. The van der Waals surface area contributed by atoms with E-state index in [9.17, 15) is 0 Å². The third-order valence-electron chi connectivity index (χ3n) is 2.23. The molecule has 4 nitrogen and oxygen atoms in total. The van der Waals surface area contributed by atoms with Gasteiger partial charge in [-0.25, -0.2) is 9.98 Å². The van der Waals surface area contributed by atoms with Crippen molar-refractivity contribution >= 4 is 23.3 Å². The number of nitrogens with one attached hydrogen (secondary N) is 1. The molecular formula is C11H14ClN3O. The zero-order valence-electron chi connectivity index (χ0n) is 9.11. The third-order valence-corrected chi connectivity index (χ3v) is 2.40. The number of fused-ring (bicyclic) bond motifs is 1. The van der Waals surface area contributed by atoms with Crippen LogP contribution < -0.4 is 5.32 Å². The second kappa shape index (κ2) is 5.27. The van der Waals surface area contributed by atoms with Crippen molar-refractivity contribution in [3.8, 4) is 0 Å². The van der Waals surface area contributed by atoms with E-state index >= 15 is 0 Å². The fourth-order valence-electron chi connectivity index (χ4n) is 1.57. The van der Waals surface area contributed by atoms with Gasteiger partial charge in [-0.15, -0.1) is 11.6 Å². The minimum absolute atomic E-state index is 0.0267. The number of rotatable bonds is 4. The number of allylic oxidation sites excluding steroid dienone is 1. The Morgan fingerprint density at radius 2 is 2.50 bits per heavy atom. The highest BCUT2D eigenvalue weighted by Gasteiger charge is 2.20. The number of alkyl halides is 1. The number of hydrogen-bond donors (Lipinski definition) is 1. The third kappa shape index (κ3) is 2.51. The molecule has 0 aromatic rings. The van der Waals surface area contributed by atoms with Crippen molar-refractivity contribution in [2.45, 2.75) is 13.0 Å². The molecule has 1 N–H and O–H groups in total. The Labute approximate surface area is 99.8 Å². The minimum atomic E-state index is 0.0267. The van der Waals surface area contributed by atoms with Crippen LogP contribution in [0.25, 0.3) is 0 Å². The molecule has 86 valence electrons. The maximum atomic E-state index is 5.57. The van der Waals surface area contributed by atoms with Crippen LogP contribution in [0.15, 0.2) is 33.9 Å². The Morgan fingerprint density at radius 3 is 3.25 bits per heavy atom. The Morgan fingerprint density at radius 1 is 1.62 bits per heavy atom. The normalized spacial score (nSPS) is 25.1. The van der Waals surface area contributed by atoms with Crippen molar-refractivity contribution in [3.63, 3.8) is 0 Å². The minimum Gasteiger partial charge on any atom is -0.370 e. The fraction of sp³-hybridized carbons (Fsp3) is 0.455. The number of guanidine groups is 1. The smallest absolute Gasteiger partial charge is 0.223 e. The maximum Gasteiger partial charge on any atom is 0.223 e. The lowest BCUT2D eigenvalue weighted by Crippen LogP contribution is -2.21. The van der Waals surface area contributed by atoms with Crippen molar-refractivity contribution in [2.75, 3.05) is 19.0 Å². The quantitative estimate of drug-likeness (QED) is 0.756. The monoisotopic (exact) mass is 239 g/mol. The number of halogens is 1. The van der Waals surface area contributed by atoms with Crippen LogP contribution in [-0.4, -0.2) is 36.8 Å². The van der Waals surface area contributed by atoms with E-state index in [1.165, 1.54) is 0 Å².